The van der Waals surface area contributed by atoms with Crippen molar-refractivity contribution in [3.63, 3.8) is 0 Å². The van der Waals surface area contributed by atoms with Crippen LogP contribution in [0.15, 0.2) is 88.4 Å². The summed E-state index contributed by atoms with van der Waals surface area (Å²) in [6, 6.07) is 19.5. The minimum atomic E-state index is -0.360. The van der Waals surface area contributed by atoms with Crippen LogP contribution in [0, 0.1) is 0 Å². The van der Waals surface area contributed by atoms with E-state index in [0.29, 0.717) is 22.8 Å². The van der Waals surface area contributed by atoms with Gasteiger partial charge >= 0.3 is 0 Å². The van der Waals surface area contributed by atoms with Gasteiger partial charge in [-0.3, -0.25) is 9.59 Å². The van der Waals surface area contributed by atoms with Gasteiger partial charge in [-0.2, -0.15) is 5.10 Å². The van der Waals surface area contributed by atoms with Crippen LogP contribution < -0.4 is 20.9 Å². The summed E-state index contributed by atoms with van der Waals surface area (Å²) in [7, 11) is 1.55. The maximum Gasteiger partial charge on any atom is 0.294 e. The summed E-state index contributed by atoms with van der Waals surface area (Å²) in [5, 5.41) is 9.90. The molecule has 0 aliphatic carbocycles. The Morgan fingerprint density at radius 2 is 1.94 bits per heavy atom. The molecule has 0 bridgehead atoms. The van der Waals surface area contributed by atoms with E-state index >= 15 is 0 Å². The van der Waals surface area contributed by atoms with Crippen molar-refractivity contribution >= 4 is 17.3 Å². The number of aryl methyl sites for hydroxylation is 1. The van der Waals surface area contributed by atoms with Crippen LogP contribution in [0.1, 0.15) is 16.1 Å². The Hall–Kier alpha value is -4.33. The number of anilines is 2. The van der Waals surface area contributed by atoms with Crippen LogP contribution in [-0.2, 0) is 13.6 Å². The normalized spacial score (nSPS) is 10.5. The average molecular weight is 416 g/mol. The predicted octanol–water partition coefficient (Wildman–Crippen LogP) is 3.84. The summed E-state index contributed by atoms with van der Waals surface area (Å²) in [5.41, 5.74) is 0.857. The monoisotopic (exact) mass is 416 g/mol. The van der Waals surface area contributed by atoms with E-state index in [1.807, 2.05) is 18.2 Å². The Morgan fingerprint density at radius 1 is 1.10 bits per heavy atom. The van der Waals surface area contributed by atoms with Gasteiger partial charge in [0.25, 0.3) is 11.5 Å². The van der Waals surface area contributed by atoms with Crippen LogP contribution in [0.4, 0.5) is 11.4 Å². The Kier molecular flexibility index (Phi) is 5.79. The SMILES string of the molecule is Cn1ncc(Oc2ccccc2)c(Nc2cccc(C(=O)NCc3ccco3)c2)c1=O. The Morgan fingerprint density at radius 3 is 2.71 bits per heavy atom. The van der Waals surface area contributed by atoms with E-state index in [9.17, 15) is 9.59 Å². The standard InChI is InChI=1S/C23H20N4O4/c1-27-23(29)21(20(15-25-27)31-18-9-3-2-4-10-18)26-17-8-5-7-16(13-17)22(28)24-14-19-11-6-12-30-19/h2-13,15,26H,14H2,1H3,(H,24,28). The van der Waals surface area contributed by atoms with Crippen LogP contribution in [0.3, 0.4) is 0 Å². The topological polar surface area (TPSA) is 98.4 Å². The van der Waals surface area contributed by atoms with Gasteiger partial charge in [-0.05, 0) is 42.5 Å². The van der Waals surface area contributed by atoms with Gasteiger partial charge in [0.15, 0.2) is 11.4 Å². The van der Waals surface area contributed by atoms with Crippen molar-refractivity contribution in [1.29, 1.82) is 0 Å². The number of rotatable bonds is 7. The molecule has 0 spiro atoms. The van der Waals surface area contributed by atoms with Crippen LogP contribution in [-0.4, -0.2) is 15.7 Å². The number of aromatic nitrogens is 2. The molecule has 4 aromatic rings. The molecule has 8 nitrogen and oxygen atoms in total. The lowest BCUT2D eigenvalue weighted by atomic mass is 10.2. The molecule has 156 valence electrons. The molecule has 0 fully saturated rings. The average Bonchev–Trinajstić information content (AvgIpc) is 3.32. The zero-order valence-electron chi connectivity index (χ0n) is 16.7. The summed E-state index contributed by atoms with van der Waals surface area (Å²) < 4.78 is 12.3. The highest BCUT2D eigenvalue weighted by Crippen LogP contribution is 2.28. The molecule has 0 radical (unpaired) electrons. The lowest BCUT2D eigenvalue weighted by Gasteiger charge is -2.13. The fraction of sp³-hybridized carbons (Fsp3) is 0.0870. The lowest BCUT2D eigenvalue weighted by molar-refractivity contribution is 0.0948. The van der Waals surface area contributed by atoms with Gasteiger partial charge in [-0.1, -0.05) is 24.3 Å². The van der Waals surface area contributed by atoms with Crippen LogP contribution in [0.25, 0.3) is 0 Å². The van der Waals surface area contributed by atoms with E-state index in [1.165, 1.54) is 10.9 Å². The van der Waals surface area contributed by atoms with E-state index in [4.69, 9.17) is 9.15 Å². The quantitative estimate of drug-likeness (QED) is 0.475. The molecule has 0 saturated heterocycles. The van der Waals surface area contributed by atoms with Crippen LogP contribution in [0.5, 0.6) is 11.5 Å². The van der Waals surface area contributed by atoms with E-state index < -0.39 is 0 Å². The maximum atomic E-state index is 12.7. The number of carbonyl (C=O) groups excluding carboxylic acids is 1. The lowest BCUT2D eigenvalue weighted by Crippen LogP contribution is -2.23. The van der Waals surface area contributed by atoms with Crippen molar-refractivity contribution < 1.29 is 13.9 Å². The van der Waals surface area contributed by atoms with Gasteiger partial charge < -0.3 is 19.8 Å². The molecule has 0 aliphatic rings. The number of nitrogens with one attached hydrogen (secondary N) is 2. The minimum Gasteiger partial charge on any atom is -0.467 e. The molecule has 1 amide bonds. The first-order valence-electron chi connectivity index (χ1n) is 9.57. The van der Waals surface area contributed by atoms with Crippen molar-refractivity contribution in [2.24, 2.45) is 7.05 Å². The highest BCUT2D eigenvalue weighted by molar-refractivity contribution is 5.95. The highest BCUT2D eigenvalue weighted by Gasteiger charge is 2.14. The predicted molar refractivity (Wildman–Crippen MR) is 116 cm³/mol. The Labute approximate surface area is 178 Å². The van der Waals surface area contributed by atoms with E-state index in [2.05, 4.69) is 15.7 Å². The molecular formula is C23H20N4O4. The fourth-order valence-electron chi connectivity index (χ4n) is 2.90. The second-order valence-electron chi connectivity index (χ2n) is 6.70. The molecule has 2 N–H and O–H groups in total. The van der Waals surface area contributed by atoms with Crippen molar-refractivity contribution in [2.45, 2.75) is 6.54 Å². The third kappa shape index (κ3) is 4.81. The smallest absolute Gasteiger partial charge is 0.294 e. The van der Waals surface area contributed by atoms with Gasteiger partial charge in [0.2, 0.25) is 0 Å². The third-order valence-corrected chi connectivity index (χ3v) is 4.47. The number of hydrogen-bond acceptors (Lipinski definition) is 6. The van der Waals surface area contributed by atoms with Crippen LogP contribution in [0.2, 0.25) is 0 Å². The molecule has 4 rings (SSSR count). The summed E-state index contributed by atoms with van der Waals surface area (Å²) in [6.45, 7) is 0.281. The summed E-state index contributed by atoms with van der Waals surface area (Å²) in [5.74, 6) is 1.25. The largest absolute Gasteiger partial charge is 0.467 e. The van der Waals surface area contributed by atoms with Gasteiger partial charge in [0, 0.05) is 18.3 Å². The van der Waals surface area contributed by atoms with E-state index in [0.717, 1.165) is 0 Å². The van der Waals surface area contributed by atoms with Gasteiger partial charge in [0.1, 0.15) is 11.5 Å². The van der Waals surface area contributed by atoms with Crippen molar-refractivity contribution in [2.75, 3.05) is 5.32 Å². The van der Waals surface area contributed by atoms with Crippen molar-refractivity contribution in [1.82, 2.24) is 15.1 Å². The van der Waals surface area contributed by atoms with Crippen LogP contribution >= 0.6 is 0 Å². The highest BCUT2D eigenvalue weighted by atomic mass is 16.5. The summed E-state index contributed by atoms with van der Waals surface area (Å²) >= 11 is 0. The molecular weight excluding hydrogens is 396 g/mol. The van der Waals surface area contributed by atoms with Gasteiger partial charge in [-0.25, -0.2) is 4.68 Å². The van der Waals surface area contributed by atoms with E-state index in [1.54, 1.807) is 61.8 Å². The fourth-order valence-corrected chi connectivity index (χ4v) is 2.90. The van der Waals surface area contributed by atoms with Gasteiger partial charge in [-0.15, -0.1) is 0 Å². The zero-order chi connectivity index (χ0) is 21.6. The number of para-hydroxylation sites is 1. The number of carbonyl (C=O) groups is 1. The second-order valence-corrected chi connectivity index (χ2v) is 6.70. The summed E-state index contributed by atoms with van der Waals surface area (Å²) in [6.07, 6.45) is 3.02. The molecule has 2 aromatic carbocycles. The number of ether oxygens (including phenoxy) is 1. The first-order chi connectivity index (χ1) is 15.1. The number of furan rings is 1. The molecule has 0 unspecified atom stereocenters. The molecule has 0 atom stereocenters. The maximum absolute atomic E-state index is 12.7. The molecule has 31 heavy (non-hydrogen) atoms. The molecule has 2 heterocycles. The molecule has 2 aromatic heterocycles. The van der Waals surface area contributed by atoms with E-state index in [-0.39, 0.29) is 29.4 Å². The molecule has 0 saturated carbocycles. The summed E-state index contributed by atoms with van der Waals surface area (Å²) in [4.78, 5) is 25.2. The first-order valence-corrected chi connectivity index (χ1v) is 9.57. The first kappa shape index (κ1) is 20.0. The number of nitrogens with zero attached hydrogens (tertiary/aromatic N) is 2. The van der Waals surface area contributed by atoms with Gasteiger partial charge in [0.05, 0.1) is 19.0 Å². The number of benzene rings is 2. The van der Waals surface area contributed by atoms with Crippen molar-refractivity contribution in [3.8, 4) is 11.5 Å². The number of hydrogen-bond donors (Lipinski definition) is 2. The Balaban J connectivity index is 1.56. The third-order valence-electron chi connectivity index (χ3n) is 4.47. The number of amides is 1. The zero-order valence-corrected chi connectivity index (χ0v) is 16.7. The second kappa shape index (κ2) is 9.00. The molecule has 0 aliphatic heterocycles. The van der Waals surface area contributed by atoms with Crippen molar-refractivity contribution in [3.05, 3.63) is 101 Å². The Bertz CT molecular complexity index is 1230. The molecule has 8 heteroatoms. The minimum absolute atomic E-state index is 0.217.